The smallest absolute Gasteiger partial charge is 0.324 e. The zero-order valence-corrected chi connectivity index (χ0v) is 15.9. The first-order valence-electron chi connectivity index (χ1n) is 9.05. The summed E-state index contributed by atoms with van der Waals surface area (Å²) in [5.41, 5.74) is 0.906. The molecule has 0 aliphatic carbocycles. The second-order valence-corrected chi connectivity index (χ2v) is 7.18. The number of nitrogens with one attached hydrogen (secondary N) is 1. The topological polar surface area (TPSA) is 63.1 Å². The maximum Gasteiger partial charge on any atom is 0.449 e. The van der Waals surface area contributed by atoms with Crippen molar-refractivity contribution < 1.29 is 18.0 Å². The number of rotatable bonds is 2. The molecule has 2 amide bonds. The van der Waals surface area contributed by atoms with E-state index in [1.165, 1.54) is 16.8 Å². The predicted octanol–water partition coefficient (Wildman–Crippen LogP) is 4.97. The van der Waals surface area contributed by atoms with Crippen LogP contribution in [0.5, 0.6) is 0 Å². The van der Waals surface area contributed by atoms with Crippen LogP contribution in [0.1, 0.15) is 24.7 Å². The summed E-state index contributed by atoms with van der Waals surface area (Å²) in [7, 11) is 0. The molecule has 152 valence electrons. The van der Waals surface area contributed by atoms with Gasteiger partial charge in [0.1, 0.15) is 5.52 Å². The summed E-state index contributed by atoms with van der Waals surface area (Å²) < 4.78 is 41.8. The minimum atomic E-state index is -4.58. The number of carbonyl (C=O) groups excluding carboxylic acids is 1. The number of likely N-dealkylation sites (tertiary alicyclic amines) is 1. The van der Waals surface area contributed by atoms with Crippen LogP contribution < -0.4 is 5.32 Å². The average molecular weight is 424 g/mol. The van der Waals surface area contributed by atoms with E-state index in [1.54, 1.807) is 35.2 Å². The molecule has 29 heavy (non-hydrogen) atoms. The molecule has 1 aliphatic rings. The zero-order chi connectivity index (χ0) is 20.6. The monoisotopic (exact) mass is 423 g/mol. The Morgan fingerprint density at radius 2 is 1.86 bits per heavy atom. The number of benzene rings is 1. The Bertz CT molecular complexity index is 1040. The molecule has 1 saturated heterocycles. The van der Waals surface area contributed by atoms with Gasteiger partial charge in [0.25, 0.3) is 0 Å². The number of aromatic nitrogens is 3. The van der Waals surface area contributed by atoms with Gasteiger partial charge in [0.15, 0.2) is 5.65 Å². The first kappa shape index (κ1) is 19.5. The van der Waals surface area contributed by atoms with Crippen LogP contribution in [-0.4, -0.2) is 38.6 Å². The van der Waals surface area contributed by atoms with Gasteiger partial charge in [-0.15, -0.1) is 0 Å². The van der Waals surface area contributed by atoms with Crippen LogP contribution >= 0.6 is 11.6 Å². The SMILES string of the molecule is O=C(Nc1ccccc1Cl)N1CCC(n2c(C(F)(F)F)nc3cccnc32)CC1. The van der Waals surface area contributed by atoms with Crippen molar-refractivity contribution in [2.75, 3.05) is 18.4 Å². The van der Waals surface area contributed by atoms with Gasteiger partial charge in [0, 0.05) is 25.3 Å². The molecule has 4 rings (SSSR count). The maximum atomic E-state index is 13.5. The molecule has 3 heterocycles. The van der Waals surface area contributed by atoms with Crippen molar-refractivity contribution in [3.05, 3.63) is 53.4 Å². The van der Waals surface area contributed by atoms with E-state index in [0.29, 0.717) is 36.6 Å². The minimum Gasteiger partial charge on any atom is -0.324 e. The van der Waals surface area contributed by atoms with Crippen LogP contribution in [-0.2, 0) is 6.18 Å². The Morgan fingerprint density at radius 3 is 2.55 bits per heavy atom. The van der Waals surface area contributed by atoms with E-state index in [9.17, 15) is 18.0 Å². The summed E-state index contributed by atoms with van der Waals surface area (Å²) in [4.78, 5) is 21.9. The maximum absolute atomic E-state index is 13.5. The lowest BCUT2D eigenvalue weighted by Gasteiger charge is -2.33. The molecular formula is C19H17ClF3N5O. The number of imidazole rings is 1. The number of urea groups is 1. The van der Waals surface area contributed by atoms with Crippen LogP contribution in [0.25, 0.3) is 11.2 Å². The van der Waals surface area contributed by atoms with Crippen molar-refractivity contribution in [1.82, 2.24) is 19.4 Å². The van der Waals surface area contributed by atoms with E-state index in [-0.39, 0.29) is 17.2 Å². The molecule has 0 bridgehead atoms. The molecule has 0 radical (unpaired) electrons. The molecule has 0 saturated carbocycles. The van der Waals surface area contributed by atoms with Crippen LogP contribution in [0, 0.1) is 0 Å². The van der Waals surface area contributed by atoms with Crippen LogP contribution in [0.4, 0.5) is 23.7 Å². The van der Waals surface area contributed by atoms with E-state index in [4.69, 9.17) is 11.6 Å². The summed E-state index contributed by atoms with van der Waals surface area (Å²) in [5.74, 6) is -0.954. The number of halogens is 4. The van der Waals surface area contributed by atoms with Gasteiger partial charge in [-0.3, -0.25) is 0 Å². The van der Waals surface area contributed by atoms with Gasteiger partial charge < -0.3 is 14.8 Å². The Hall–Kier alpha value is -2.81. The summed E-state index contributed by atoms with van der Waals surface area (Å²) in [6.07, 6.45) is -2.41. The molecule has 1 fully saturated rings. The van der Waals surface area contributed by atoms with E-state index in [1.807, 2.05) is 0 Å². The van der Waals surface area contributed by atoms with Gasteiger partial charge in [0.05, 0.1) is 10.7 Å². The predicted molar refractivity (Wildman–Crippen MR) is 103 cm³/mol. The fourth-order valence-corrected chi connectivity index (χ4v) is 3.74. The van der Waals surface area contributed by atoms with Crippen molar-refractivity contribution in [3.63, 3.8) is 0 Å². The lowest BCUT2D eigenvalue weighted by molar-refractivity contribution is -0.147. The second kappa shape index (κ2) is 7.55. The third-order valence-corrected chi connectivity index (χ3v) is 5.26. The molecule has 0 unspecified atom stereocenters. The molecule has 0 spiro atoms. The Balaban J connectivity index is 1.52. The molecule has 0 atom stereocenters. The highest BCUT2D eigenvalue weighted by Crippen LogP contribution is 2.36. The molecule has 6 nitrogen and oxygen atoms in total. The quantitative estimate of drug-likeness (QED) is 0.632. The second-order valence-electron chi connectivity index (χ2n) is 6.78. The Kier molecular flexibility index (Phi) is 5.08. The average Bonchev–Trinajstić information content (AvgIpc) is 3.10. The highest BCUT2D eigenvalue weighted by atomic mass is 35.5. The number of amides is 2. The first-order valence-corrected chi connectivity index (χ1v) is 9.43. The summed E-state index contributed by atoms with van der Waals surface area (Å²) >= 11 is 6.06. The highest BCUT2D eigenvalue weighted by Gasteiger charge is 2.40. The van der Waals surface area contributed by atoms with Gasteiger partial charge in [-0.05, 0) is 37.1 Å². The molecule has 10 heteroatoms. The Labute approximate surface area is 169 Å². The van der Waals surface area contributed by atoms with Gasteiger partial charge >= 0.3 is 12.2 Å². The number of hydrogen-bond donors (Lipinski definition) is 1. The summed E-state index contributed by atoms with van der Waals surface area (Å²) in [6.45, 7) is 0.621. The summed E-state index contributed by atoms with van der Waals surface area (Å²) in [5, 5.41) is 3.16. The number of carbonyl (C=O) groups is 1. The van der Waals surface area contributed by atoms with Crippen molar-refractivity contribution in [3.8, 4) is 0 Å². The molecule has 2 aromatic heterocycles. The van der Waals surface area contributed by atoms with Crippen molar-refractivity contribution in [2.24, 2.45) is 0 Å². The van der Waals surface area contributed by atoms with E-state index < -0.39 is 18.0 Å². The van der Waals surface area contributed by atoms with Crippen LogP contribution in [0.15, 0.2) is 42.6 Å². The third-order valence-electron chi connectivity index (χ3n) is 4.93. The standard InChI is InChI=1S/C19H17ClF3N5O/c20-13-4-1-2-5-14(13)26-18(29)27-10-7-12(8-11-27)28-16-15(6-3-9-24-16)25-17(28)19(21,22)23/h1-6,9,12H,7-8,10-11H2,(H,26,29). The van der Waals surface area contributed by atoms with Crippen LogP contribution in [0.2, 0.25) is 5.02 Å². The lowest BCUT2D eigenvalue weighted by Crippen LogP contribution is -2.42. The lowest BCUT2D eigenvalue weighted by atomic mass is 10.0. The van der Waals surface area contributed by atoms with Crippen molar-refractivity contribution in [2.45, 2.75) is 25.1 Å². The number of fused-ring (bicyclic) bond motifs is 1. The molecule has 1 aromatic carbocycles. The number of piperidine rings is 1. The highest BCUT2D eigenvalue weighted by molar-refractivity contribution is 6.33. The first-order chi connectivity index (χ1) is 13.8. The number of hydrogen-bond acceptors (Lipinski definition) is 3. The number of para-hydroxylation sites is 1. The zero-order valence-electron chi connectivity index (χ0n) is 15.2. The third kappa shape index (κ3) is 3.87. The number of alkyl halides is 3. The van der Waals surface area contributed by atoms with Gasteiger partial charge in [-0.1, -0.05) is 23.7 Å². The fraction of sp³-hybridized carbons (Fsp3) is 0.316. The van der Waals surface area contributed by atoms with Gasteiger partial charge in [0.2, 0.25) is 5.82 Å². The normalized spacial score (nSPS) is 15.7. The Morgan fingerprint density at radius 1 is 1.14 bits per heavy atom. The molecule has 1 N–H and O–H groups in total. The number of anilines is 1. The van der Waals surface area contributed by atoms with Crippen LogP contribution in [0.3, 0.4) is 0 Å². The van der Waals surface area contributed by atoms with E-state index in [2.05, 4.69) is 15.3 Å². The number of pyridine rings is 1. The van der Waals surface area contributed by atoms with Gasteiger partial charge in [-0.25, -0.2) is 14.8 Å². The summed E-state index contributed by atoms with van der Waals surface area (Å²) in [6, 6.07) is 9.15. The van der Waals surface area contributed by atoms with E-state index >= 15 is 0 Å². The molecule has 1 aliphatic heterocycles. The fourth-order valence-electron chi connectivity index (χ4n) is 3.56. The van der Waals surface area contributed by atoms with Gasteiger partial charge in [-0.2, -0.15) is 13.2 Å². The van der Waals surface area contributed by atoms with Crippen molar-refractivity contribution in [1.29, 1.82) is 0 Å². The molecular weight excluding hydrogens is 407 g/mol. The minimum absolute atomic E-state index is 0.207. The largest absolute Gasteiger partial charge is 0.449 e. The molecule has 3 aromatic rings. The van der Waals surface area contributed by atoms with E-state index in [0.717, 1.165) is 0 Å². The van der Waals surface area contributed by atoms with Crippen molar-refractivity contribution >= 4 is 34.5 Å². The number of nitrogens with zero attached hydrogens (tertiary/aromatic N) is 4.